The predicted octanol–water partition coefficient (Wildman–Crippen LogP) is 2.15. The van der Waals surface area contributed by atoms with Gasteiger partial charge in [0.1, 0.15) is 4.90 Å². The molecule has 1 aromatic carbocycles. The van der Waals surface area contributed by atoms with Gasteiger partial charge in [-0.25, -0.2) is 16.8 Å². The lowest BCUT2D eigenvalue weighted by Crippen LogP contribution is -2.43. The summed E-state index contributed by atoms with van der Waals surface area (Å²) in [5.41, 5.74) is 0.411. The molecule has 21 heavy (non-hydrogen) atoms. The van der Waals surface area contributed by atoms with E-state index in [2.05, 4.69) is 0 Å². The molecular formula is C11H12Cl3NO4S2. The van der Waals surface area contributed by atoms with E-state index >= 15 is 0 Å². The topological polar surface area (TPSA) is 71.5 Å². The monoisotopic (exact) mass is 391 g/mol. The fourth-order valence-electron chi connectivity index (χ4n) is 1.98. The third kappa shape index (κ3) is 3.65. The number of sulfone groups is 1. The van der Waals surface area contributed by atoms with Crippen molar-refractivity contribution in [3.05, 3.63) is 27.7 Å². The average Bonchev–Trinajstić information content (AvgIpc) is 2.40. The first-order valence-electron chi connectivity index (χ1n) is 5.92. The molecule has 0 atom stereocenters. The van der Waals surface area contributed by atoms with Gasteiger partial charge in [-0.1, -0.05) is 23.2 Å². The van der Waals surface area contributed by atoms with Crippen LogP contribution in [0.5, 0.6) is 0 Å². The highest BCUT2D eigenvalue weighted by Crippen LogP contribution is 2.32. The van der Waals surface area contributed by atoms with Crippen molar-refractivity contribution in [2.75, 3.05) is 24.6 Å². The molecule has 0 unspecified atom stereocenters. The maximum atomic E-state index is 12.6. The highest BCUT2D eigenvalue weighted by molar-refractivity contribution is 7.92. The van der Waals surface area contributed by atoms with Gasteiger partial charge < -0.3 is 0 Å². The lowest BCUT2D eigenvalue weighted by molar-refractivity contribution is 0.431. The molecule has 10 heteroatoms. The van der Waals surface area contributed by atoms with Crippen molar-refractivity contribution in [1.29, 1.82) is 0 Å². The van der Waals surface area contributed by atoms with E-state index in [0.717, 1.165) is 4.31 Å². The Morgan fingerprint density at radius 2 is 1.71 bits per heavy atom. The van der Waals surface area contributed by atoms with E-state index in [1.54, 1.807) is 0 Å². The predicted molar refractivity (Wildman–Crippen MR) is 83.4 cm³/mol. The zero-order valence-electron chi connectivity index (χ0n) is 10.7. The lowest BCUT2D eigenvalue weighted by atomic mass is 10.2. The minimum Gasteiger partial charge on any atom is -0.229 e. The largest absolute Gasteiger partial charge is 0.244 e. The summed E-state index contributed by atoms with van der Waals surface area (Å²) < 4.78 is 49.1. The molecule has 1 aliphatic rings. The first kappa shape index (κ1) is 17.3. The van der Waals surface area contributed by atoms with E-state index in [9.17, 15) is 16.8 Å². The molecule has 0 aromatic heterocycles. The van der Waals surface area contributed by atoms with Crippen molar-refractivity contribution >= 4 is 54.7 Å². The van der Waals surface area contributed by atoms with Crippen LogP contribution in [0, 0.1) is 0 Å². The zero-order chi connectivity index (χ0) is 15.8. The van der Waals surface area contributed by atoms with Crippen LogP contribution in [0.4, 0.5) is 0 Å². The summed E-state index contributed by atoms with van der Waals surface area (Å²) in [6.07, 6.45) is 0. The van der Waals surface area contributed by atoms with E-state index < -0.39 is 19.9 Å². The van der Waals surface area contributed by atoms with Gasteiger partial charge in [-0.3, -0.25) is 0 Å². The zero-order valence-corrected chi connectivity index (χ0v) is 14.6. The second-order valence-electron chi connectivity index (χ2n) is 4.57. The summed E-state index contributed by atoms with van der Waals surface area (Å²) in [6, 6.07) is 2.74. The molecule has 1 fully saturated rings. The van der Waals surface area contributed by atoms with Gasteiger partial charge >= 0.3 is 0 Å². The third-order valence-corrected chi connectivity index (χ3v) is 7.74. The van der Waals surface area contributed by atoms with Crippen molar-refractivity contribution in [1.82, 2.24) is 4.31 Å². The van der Waals surface area contributed by atoms with Crippen LogP contribution in [-0.4, -0.2) is 45.7 Å². The summed E-state index contributed by atoms with van der Waals surface area (Å²) in [5.74, 6) is -0.379. The standard InChI is InChI=1S/C11H12Cl3NO4S2/c12-7-8-5-9(13)6-10(11(8)14)21(18,19)15-1-3-20(16,17)4-2-15/h5-6H,1-4,7H2. The van der Waals surface area contributed by atoms with Gasteiger partial charge in [-0.05, 0) is 17.7 Å². The van der Waals surface area contributed by atoms with Crippen molar-refractivity contribution in [2.45, 2.75) is 10.8 Å². The Morgan fingerprint density at radius 1 is 1.14 bits per heavy atom. The van der Waals surface area contributed by atoms with Crippen molar-refractivity contribution in [3.8, 4) is 0 Å². The Morgan fingerprint density at radius 3 is 2.24 bits per heavy atom. The highest BCUT2D eigenvalue weighted by Gasteiger charge is 2.33. The van der Waals surface area contributed by atoms with E-state index in [1.165, 1.54) is 12.1 Å². The van der Waals surface area contributed by atoms with Crippen LogP contribution in [0.25, 0.3) is 0 Å². The van der Waals surface area contributed by atoms with Crippen LogP contribution >= 0.6 is 34.8 Å². The smallest absolute Gasteiger partial charge is 0.229 e. The summed E-state index contributed by atoms with van der Waals surface area (Å²) in [6.45, 7) is -0.187. The first-order chi connectivity index (χ1) is 9.67. The Bertz CT molecular complexity index is 748. The molecule has 0 amide bonds. The van der Waals surface area contributed by atoms with Gasteiger partial charge in [0, 0.05) is 24.0 Å². The lowest BCUT2D eigenvalue weighted by Gasteiger charge is -2.26. The van der Waals surface area contributed by atoms with Crippen LogP contribution in [0.2, 0.25) is 10.0 Å². The Hall–Kier alpha value is -0.0500. The minimum absolute atomic E-state index is 0.0165. The Balaban J connectivity index is 2.43. The van der Waals surface area contributed by atoms with Crippen LogP contribution < -0.4 is 0 Å². The second kappa shape index (κ2) is 6.22. The maximum absolute atomic E-state index is 12.6. The number of sulfonamides is 1. The molecule has 0 radical (unpaired) electrons. The van der Waals surface area contributed by atoms with E-state index in [1.807, 2.05) is 0 Å². The number of hydrogen-bond donors (Lipinski definition) is 0. The number of alkyl halides is 1. The van der Waals surface area contributed by atoms with E-state index in [0.29, 0.717) is 5.56 Å². The highest BCUT2D eigenvalue weighted by atomic mass is 35.5. The molecule has 5 nitrogen and oxygen atoms in total. The molecule has 0 spiro atoms. The number of benzene rings is 1. The molecule has 1 aromatic rings. The van der Waals surface area contributed by atoms with Crippen molar-refractivity contribution in [3.63, 3.8) is 0 Å². The summed E-state index contributed by atoms with van der Waals surface area (Å²) >= 11 is 17.7. The molecular weight excluding hydrogens is 381 g/mol. The average molecular weight is 393 g/mol. The number of halogens is 3. The fraction of sp³-hybridized carbons (Fsp3) is 0.455. The number of rotatable bonds is 3. The Kier molecular flexibility index (Phi) is 5.12. The minimum atomic E-state index is -3.90. The third-order valence-electron chi connectivity index (χ3n) is 3.14. The molecule has 118 valence electrons. The van der Waals surface area contributed by atoms with Crippen molar-refractivity contribution in [2.24, 2.45) is 0 Å². The van der Waals surface area contributed by atoms with Gasteiger partial charge in [-0.2, -0.15) is 4.31 Å². The van der Waals surface area contributed by atoms with Crippen LogP contribution in [0.3, 0.4) is 0 Å². The van der Waals surface area contributed by atoms with Gasteiger partial charge in [0.2, 0.25) is 10.0 Å². The SMILES string of the molecule is O=S1(=O)CCN(S(=O)(=O)c2cc(Cl)cc(CCl)c2Cl)CC1. The summed E-state index contributed by atoms with van der Waals surface area (Å²) in [5, 5.41) is 0.223. The normalized spacial score (nSPS) is 19.6. The Labute approximate surface area is 138 Å². The number of nitrogens with zero attached hydrogens (tertiary/aromatic N) is 1. The van der Waals surface area contributed by atoms with E-state index in [4.69, 9.17) is 34.8 Å². The molecule has 0 aliphatic carbocycles. The van der Waals surface area contributed by atoms with E-state index in [-0.39, 0.29) is 45.4 Å². The molecule has 2 rings (SSSR count). The van der Waals surface area contributed by atoms with Crippen molar-refractivity contribution < 1.29 is 16.8 Å². The van der Waals surface area contributed by atoms with Gasteiger partial charge in [0.25, 0.3) is 0 Å². The van der Waals surface area contributed by atoms with Gasteiger partial charge in [0.05, 0.1) is 16.5 Å². The summed E-state index contributed by atoms with van der Waals surface area (Å²) in [4.78, 5) is -0.147. The van der Waals surface area contributed by atoms with Gasteiger partial charge in [-0.15, -0.1) is 11.6 Å². The molecule has 1 saturated heterocycles. The maximum Gasteiger partial charge on any atom is 0.244 e. The molecule has 1 aliphatic heterocycles. The number of hydrogen-bond acceptors (Lipinski definition) is 4. The molecule has 1 heterocycles. The second-order valence-corrected chi connectivity index (χ2v) is 9.86. The first-order valence-corrected chi connectivity index (χ1v) is 10.5. The molecule has 0 bridgehead atoms. The van der Waals surface area contributed by atoms with Crippen LogP contribution in [-0.2, 0) is 25.7 Å². The van der Waals surface area contributed by atoms with Crippen LogP contribution in [0.1, 0.15) is 5.56 Å². The van der Waals surface area contributed by atoms with Crippen LogP contribution in [0.15, 0.2) is 17.0 Å². The fourth-order valence-corrected chi connectivity index (χ4v) is 6.04. The van der Waals surface area contributed by atoms with Gasteiger partial charge in [0.15, 0.2) is 9.84 Å². The quantitative estimate of drug-likeness (QED) is 0.739. The summed E-state index contributed by atoms with van der Waals surface area (Å²) in [7, 11) is -7.08. The molecule has 0 N–H and O–H groups in total. The molecule has 0 saturated carbocycles.